The molecule has 0 aliphatic carbocycles. The zero-order valence-electron chi connectivity index (χ0n) is 11.5. The van der Waals surface area contributed by atoms with Crippen LogP contribution in [0.4, 0.5) is 0 Å². The monoisotopic (exact) mass is 282 g/mol. The molecule has 1 N–H and O–H groups in total. The van der Waals surface area contributed by atoms with Crippen LogP contribution in [0.2, 0.25) is 0 Å². The Hall–Kier alpha value is -2.82. The number of aryl methyl sites for hydroxylation is 1. The van der Waals surface area contributed by atoms with Gasteiger partial charge in [-0.3, -0.25) is 0 Å². The summed E-state index contributed by atoms with van der Waals surface area (Å²) in [6.45, 7) is 2.44. The van der Waals surface area contributed by atoms with Crippen LogP contribution >= 0.6 is 0 Å². The van der Waals surface area contributed by atoms with Gasteiger partial charge in [-0.15, -0.1) is 0 Å². The molecule has 3 aromatic rings. The van der Waals surface area contributed by atoms with Crippen molar-refractivity contribution in [3.05, 3.63) is 65.6 Å². The average molecular weight is 282 g/mol. The van der Waals surface area contributed by atoms with Crippen LogP contribution in [0.1, 0.15) is 21.6 Å². The highest BCUT2D eigenvalue weighted by molar-refractivity contribution is 5.86. The van der Waals surface area contributed by atoms with Gasteiger partial charge in [0.05, 0.1) is 0 Å². The van der Waals surface area contributed by atoms with Gasteiger partial charge in [-0.05, 0) is 30.2 Å². The second-order valence-electron chi connectivity index (χ2n) is 4.75. The molecule has 21 heavy (non-hydrogen) atoms. The smallest absolute Gasteiger partial charge is 0.356 e. The zero-order chi connectivity index (χ0) is 14.8. The zero-order valence-corrected chi connectivity index (χ0v) is 11.5. The molecule has 2 aromatic heterocycles. The van der Waals surface area contributed by atoms with Crippen molar-refractivity contribution in [1.29, 1.82) is 0 Å². The van der Waals surface area contributed by atoms with Crippen molar-refractivity contribution >= 4 is 11.6 Å². The highest BCUT2D eigenvalue weighted by Crippen LogP contribution is 2.21. The molecule has 3 rings (SSSR count). The molecule has 0 fully saturated rings. The Bertz CT molecular complexity index is 808. The standard InChI is InChI=1S/C16H14N2O3/c1-11-5-2-3-6-12(11)10-21-14-7-4-8-18-9-13(16(19)20)17-15(14)18/h2-9H,10H2,1H3,(H,19,20). The van der Waals surface area contributed by atoms with E-state index in [-0.39, 0.29) is 5.69 Å². The molecule has 0 saturated heterocycles. The first-order valence-corrected chi connectivity index (χ1v) is 6.53. The van der Waals surface area contributed by atoms with Gasteiger partial charge in [0, 0.05) is 12.4 Å². The number of imidazole rings is 1. The fraction of sp³-hybridized carbons (Fsp3) is 0.125. The largest absolute Gasteiger partial charge is 0.485 e. The number of rotatable bonds is 4. The molecule has 0 atom stereocenters. The fourth-order valence-corrected chi connectivity index (χ4v) is 2.13. The molecule has 5 heteroatoms. The Labute approximate surface area is 121 Å². The van der Waals surface area contributed by atoms with Crippen molar-refractivity contribution in [2.45, 2.75) is 13.5 Å². The highest BCUT2D eigenvalue weighted by Gasteiger charge is 2.12. The molecule has 0 unspecified atom stereocenters. The van der Waals surface area contributed by atoms with E-state index in [9.17, 15) is 4.79 Å². The molecule has 5 nitrogen and oxygen atoms in total. The van der Waals surface area contributed by atoms with E-state index in [1.165, 1.54) is 6.20 Å². The number of carboxylic acid groups (broad SMARTS) is 1. The Morgan fingerprint density at radius 1 is 1.29 bits per heavy atom. The lowest BCUT2D eigenvalue weighted by molar-refractivity contribution is 0.0691. The summed E-state index contributed by atoms with van der Waals surface area (Å²) in [6, 6.07) is 11.6. The summed E-state index contributed by atoms with van der Waals surface area (Å²) in [5, 5.41) is 9.00. The number of benzene rings is 1. The highest BCUT2D eigenvalue weighted by atomic mass is 16.5. The first-order chi connectivity index (χ1) is 10.1. The molecular weight excluding hydrogens is 268 g/mol. The van der Waals surface area contributed by atoms with Gasteiger partial charge in [0.1, 0.15) is 6.61 Å². The summed E-state index contributed by atoms with van der Waals surface area (Å²) in [6.07, 6.45) is 3.22. The van der Waals surface area contributed by atoms with E-state index < -0.39 is 5.97 Å². The van der Waals surface area contributed by atoms with Crippen LogP contribution in [0.3, 0.4) is 0 Å². The lowest BCUT2D eigenvalue weighted by Crippen LogP contribution is -1.99. The van der Waals surface area contributed by atoms with Gasteiger partial charge in [0.15, 0.2) is 17.1 Å². The first kappa shape index (κ1) is 13.2. The lowest BCUT2D eigenvalue weighted by atomic mass is 10.1. The van der Waals surface area contributed by atoms with E-state index in [0.717, 1.165) is 11.1 Å². The van der Waals surface area contributed by atoms with Crippen LogP contribution < -0.4 is 4.74 Å². The summed E-state index contributed by atoms with van der Waals surface area (Å²) in [7, 11) is 0. The van der Waals surface area contributed by atoms with Gasteiger partial charge in [-0.1, -0.05) is 24.3 Å². The summed E-state index contributed by atoms with van der Waals surface area (Å²) < 4.78 is 7.45. The van der Waals surface area contributed by atoms with Crippen molar-refractivity contribution in [3.63, 3.8) is 0 Å². The van der Waals surface area contributed by atoms with Gasteiger partial charge < -0.3 is 14.2 Å². The Morgan fingerprint density at radius 2 is 2.10 bits per heavy atom. The van der Waals surface area contributed by atoms with Crippen molar-refractivity contribution < 1.29 is 14.6 Å². The molecule has 2 heterocycles. The third kappa shape index (κ3) is 2.58. The van der Waals surface area contributed by atoms with E-state index in [1.807, 2.05) is 31.2 Å². The van der Waals surface area contributed by atoms with E-state index in [4.69, 9.17) is 9.84 Å². The van der Waals surface area contributed by atoms with Crippen LogP contribution in [-0.2, 0) is 6.61 Å². The molecule has 1 aromatic carbocycles. The number of nitrogens with zero attached hydrogens (tertiary/aromatic N) is 2. The third-order valence-corrected chi connectivity index (χ3v) is 3.31. The third-order valence-electron chi connectivity index (χ3n) is 3.31. The van der Waals surface area contributed by atoms with Gasteiger partial charge in [-0.2, -0.15) is 0 Å². The SMILES string of the molecule is Cc1ccccc1COc1cccn2cc(C(=O)O)nc12. The van der Waals surface area contributed by atoms with E-state index >= 15 is 0 Å². The van der Waals surface area contributed by atoms with E-state index in [2.05, 4.69) is 4.98 Å². The van der Waals surface area contributed by atoms with Gasteiger partial charge in [-0.25, -0.2) is 9.78 Å². The topological polar surface area (TPSA) is 63.8 Å². The minimum absolute atomic E-state index is 0.00180. The Morgan fingerprint density at radius 3 is 2.86 bits per heavy atom. The predicted molar refractivity (Wildman–Crippen MR) is 77.7 cm³/mol. The number of carbonyl (C=O) groups is 1. The van der Waals surface area contributed by atoms with Gasteiger partial charge >= 0.3 is 5.97 Å². The summed E-state index contributed by atoms with van der Waals surface area (Å²) >= 11 is 0. The second kappa shape index (κ2) is 5.28. The van der Waals surface area contributed by atoms with E-state index in [0.29, 0.717) is 18.0 Å². The lowest BCUT2D eigenvalue weighted by Gasteiger charge is -2.09. The number of aromatic nitrogens is 2. The number of hydrogen-bond donors (Lipinski definition) is 1. The number of ether oxygens (including phenoxy) is 1. The average Bonchev–Trinajstić information content (AvgIpc) is 2.91. The molecule has 0 aliphatic heterocycles. The second-order valence-corrected chi connectivity index (χ2v) is 4.75. The van der Waals surface area contributed by atoms with Crippen LogP contribution in [0, 0.1) is 6.92 Å². The minimum atomic E-state index is -1.05. The molecular formula is C16H14N2O3. The molecule has 0 bridgehead atoms. The number of carboxylic acids is 1. The molecule has 106 valence electrons. The van der Waals surface area contributed by atoms with Gasteiger partial charge in [0.2, 0.25) is 0 Å². The first-order valence-electron chi connectivity index (χ1n) is 6.53. The summed E-state index contributed by atoms with van der Waals surface area (Å²) in [4.78, 5) is 15.1. The van der Waals surface area contributed by atoms with Crippen molar-refractivity contribution in [2.24, 2.45) is 0 Å². The maximum atomic E-state index is 11.0. The maximum Gasteiger partial charge on any atom is 0.356 e. The van der Waals surface area contributed by atoms with Crippen LogP contribution in [0.15, 0.2) is 48.8 Å². The molecule has 0 amide bonds. The molecule has 0 aliphatic rings. The summed E-state index contributed by atoms with van der Waals surface area (Å²) in [5.41, 5.74) is 2.74. The van der Waals surface area contributed by atoms with Crippen molar-refractivity contribution in [3.8, 4) is 5.75 Å². The Balaban J connectivity index is 1.90. The van der Waals surface area contributed by atoms with Crippen molar-refractivity contribution in [1.82, 2.24) is 9.38 Å². The molecule has 0 saturated carbocycles. The van der Waals surface area contributed by atoms with Crippen LogP contribution in [0.5, 0.6) is 5.75 Å². The van der Waals surface area contributed by atoms with Gasteiger partial charge in [0.25, 0.3) is 0 Å². The normalized spacial score (nSPS) is 10.7. The maximum absolute atomic E-state index is 11.0. The fourth-order valence-electron chi connectivity index (χ4n) is 2.13. The molecule has 0 radical (unpaired) electrons. The quantitative estimate of drug-likeness (QED) is 0.799. The minimum Gasteiger partial charge on any atom is -0.485 e. The predicted octanol–water partition coefficient (Wildman–Crippen LogP) is 2.92. The van der Waals surface area contributed by atoms with Crippen LogP contribution in [0.25, 0.3) is 5.65 Å². The molecule has 0 spiro atoms. The summed E-state index contributed by atoms with van der Waals surface area (Å²) in [5.74, 6) is -0.489. The number of hydrogen-bond acceptors (Lipinski definition) is 3. The number of aromatic carboxylic acids is 1. The Kier molecular flexibility index (Phi) is 3.31. The number of fused-ring (bicyclic) bond motifs is 1. The number of pyridine rings is 1. The van der Waals surface area contributed by atoms with E-state index in [1.54, 1.807) is 22.7 Å². The van der Waals surface area contributed by atoms with Crippen molar-refractivity contribution in [2.75, 3.05) is 0 Å². The van der Waals surface area contributed by atoms with Crippen LogP contribution in [-0.4, -0.2) is 20.5 Å².